The van der Waals surface area contributed by atoms with E-state index in [1.165, 1.54) is 0 Å². The molecule has 3 atom stereocenters. The monoisotopic (exact) mass is 443 g/mol. The maximum absolute atomic E-state index is 13.6. The molecule has 0 aliphatic carbocycles. The lowest BCUT2D eigenvalue weighted by Crippen LogP contribution is -2.52. The van der Waals surface area contributed by atoms with E-state index in [1.807, 2.05) is 13.8 Å². The highest BCUT2D eigenvalue weighted by Crippen LogP contribution is 2.13. The molecule has 176 valence electrons. The van der Waals surface area contributed by atoms with Crippen LogP contribution in [0.25, 0.3) is 0 Å². The van der Waals surface area contributed by atoms with Gasteiger partial charge in [-0.1, -0.05) is 13.8 Å². The molecule has 1 rings (SSSR count). The Labute approximate surface area is 182 Å². The summed E-state index contributed by atoms with van der Waals surface area (Å²) in [5.74, 6) is -1.43. The molecule has 0 saturated carbocycles. The molecule has 1 aromatic rings. The number of rotatable bonds is 10. The number of amides is 2. The second-order valence-corrected chi connectivity index (χ2v) is 9.07. The normalized spacial score (nSPS) is 14.6. The van der Waals surface area contributed by atoms with Gasteiger partial charge in [-0.25, -0.2) is 13.6 Å². The van der Waals surface area contributed by atoms with Crippen LogP contribution in [-0.2, 0) is 16.0 Å². The smallest absolute Gasteiger partial charge is 0.407 e. The summed E-state index contributed by atoms with van der Waals surface area (Å²) in [4.78, 5) is 24.3. The van der Waals surface area contributed by atoms with Gasteiger partial charge in [0, 0.05) is 19.2 Å². The summed E-state index contributed by atoms with van der Waals surface area (Å²) in [5, 5.41) is 18.9. The van der Waals surface area contributed by atoms with Crippen molar-refractivity contribution in [3.05, 3.63) is 35.4 Å². The Morgan fingerprint density at radius 1 is 1.06 bits per heavy atom. The minimum atomic E-state index is -1.15. The Kier molecular flexibility index (Phi) is 10.3. The average Bonchev–Trinajstić information content (AvgIpc) is 2.60. The third kappa shape index (κ3) is 11.1. The molecule has 31 heavy (non-hydrogen) atoms. The van der Waals surface area contributed by atoms with Gasteiger partial charge in [-0.15, -0.1) is 0 Å². The standard InChI is InChI=1S/C22H35F2N3O4/c1-13(2)11-26-20(29)14(3)25-12-19(28)18(27-21(30)31-22(4,5)6)9-15-7-16(23)10-17(24)8-15/h7-8,10,13-14,18-19,25,28H,9,11-12H2,1-6H3,(H,26,29)(H,27,30)/t14-,18?,19+/m0/s1. The number of alkyl carbamates (subject to hydrolysis) is 1. The summed E-state index contributed by atoms with van der Waals surface area (Å²) in [6, 6.07) is 1.52. The Morgan fingerprint density at radius 3 is 2.16 bits per heavy atom. The number of hydrogen-bond acceptors (Lipinski definition) is 5. The molecule has 0 radical (unpaired) electrons. The second-order valence-electron chi connectivity index (χ2n) is 9.07. The fraction of sp³-hybridized carbons (Fsp3) is 0.636. The van der Waals surface area contributed by atoms with Crippen LogP contribution < -0.4 is 16.0 Å². The number of carbonyl (C=O) groups excluding carboxylic acids is 2. The van der Waals surface area contributed by atoms with E-state index in [0.717, 1.165) is 18.2 Å². The predicted molar refractivity (Wildman–Crippen MR) is 115 cm³/mol. The van der Waals surface area contributed by atoms with Gasteiger partial charge in [0.2, 0.25) is 5.91 Å². The van der Waals surface area contributed by atoms with Crippen LogP contribution in [0.1, 0.15) is 47.1 Å². The molecule has 0 spiro atoms. The fourth-order valence-electron chi connectivity index (χ4n) is 2.72. The lowest BCUT2D eigenvalue weighted by atomic mass is 10.0. The number of carbonyl (C=O) groups is 2. The maximum atomic E-state index is 13.6. The van der Waals surface area contributed by atoms with E-state index in [1.54, 1.807) is 27.7 Å². The van der Waals surface area contributed by atoms with Gasteiger partial charge in [0.1, 0.15) is 17.2 Å². The molecule has 0 heterocycles. The van der Waals surface area contributed by atoms with Crippen molar-refractivity contribution < 1.29 is 28.2 Å². The summed E-state index contributed by atoms with van der Waals surface area (Å²) in [7, 11) is 0. The molecule has 0 bridgehead atoms. The number of benzene rings is 1. The molecule has 0 saturated heterocycles. The lowest BCUT2D eigenvalue weighted by Gasteiger charge is -2.28. The van der Waals surface area contributed by atoms with Crippen LogP contribution in [0.5, 0.6) is 0 Å². The number of aliphatic hydroxyl groups is 1. The van der Waals surface area contributed by atoms with Crippen LogP contribution in [0.15, 0.2) is 18.2 Å². The number of halogens is 2. The van der Waals surface area contributed by atoms with E-state index in [2.05, 4.69) is 16.0 Å². The van der Waals surface area contributed by atoms with Crippen molar-refractivity contribution in [1.29, 1.82) is 0 Å². The Morgan fingerprint density at radius 2 is 1.65 bits per heavy atom. The first kappa shape index (κ1) is 26.8. The van der Waals surface area contributed by atoms with Gasteiger partial charge < -0.3 is 25.8 Å². The highest BCUT2D eigenvalue weighted by atomic mass is 19.1. The van der Waals surface area contributed by atoms with Gasteiger partial charge in [0.15, 0.2) is 0 Å². The summed E-state index contributed by atoms with van der Waals surface area (Å²) in [5.41, 5.74) is -0.494. The van der Waals surface area contributed by atoms with Crippen molar-refractivity contribution in [2.75, 3.05) is 13.1 Å². The van der Waals surface area contributed by atoms with Crippen LogP contribution >= 0.6 is 0 Å². The maximum Gasteiger partial charge on any atom is 0.407 e. The summed E-state index contributed by atoms with van der Waals surface area (Å²) >= 11 is 0. The molecule has 0 fully saturated rings. The van der Waals surface area contributed by atoms with Gasteiger partial charge in [-0.2, -0.15) is 0 Å². The van der Waals surface area contributed by atoms with Crippen molar-refractivity contribution >= 4 is 12.0 Å². The molecule has 4 N–H and O–H groups in total. The van der Waals surface area contributed by atoms with Gasteiger partial charge in [-0.05, 0) is 57.7 Å². The van der Waals surface area contributed by atoms with E-state index in [-0.39, 0.29) is 24.4 Å². The quantitative estimate of drug-likeness (QED) is 0.445. The third-order valence-electron chi connectivity index (χ3n) is 4.26. The lowest BCUT2D eigenvalue weighted by molar-refractivity contribution is -0.123. The minimum Gasteiger partial charge on any atom is -0.444 e. The predicted octanol–water partition coefficient (Wildman–Crippen LogP) is 2.51. The van der Waals surface area contributed by atoms with Gasteiger partial charge in [0.25, 0.3) is 0 Å². The van der Waals surface area contributed by atoms with Gasteiger partial charge >= 0.3 is 6.09 Å². The number of nitrogens with one attached hydrogen (secondary N) is 3. The molecule has 1 aromatic carbocycles. The van der Waals surface area contributed by atoms with Crippen molar-refractivity contribution in [1.82, 2.24) is 16.0 Å². The molecule has 2 amide bonds. The SMILES string of the molecule is CC(C)CNC(=O)[C@H](C)NC[C@@H](O)C(Cc1cc(F)cc(F)c1)NC(=O)OC(C)(C)C. The third-order valence-corrected chi connectivity index (χ3v) is 4.26. The van der Waals surface area contributed by atoms with Crippen LogP contribution in [0, 0.1) is 17.6 Å². The first-order chi connectivity index (χ1) is 14.3. The molecular formula is C22H35F2N3O4. The molecule has 1 unspecified atom stereocenters. The first-order valence-electron chi connectivity index (χ1n) is 10.4. The first-order valence-corrected chi connectivity index (χ1v) is 10.4. The van der Waals surface area contributed by atoms with Crippen molar-refractivity contribution in [2.45, 2.75) is 71.8 Å². The second kappa shape index (κ2) is 12.0. The van der Waals surface area contributed by atoms with Crippen LogP contribution in [0.4, 0.5) is 13.6 Å². The highest BCUT2D eigenvalue weighted by molar-refractivity contribution is 5.81. The summed E-state index contributed by atoms with van der Waals surface area (Å²) < 4.78 is 32.4. The van der Waals surface area contributed by atoms with E-state index in [9.17, 15) is 23.5 Å². The fourth-order valence-corrected chi connectivity index (χ4v) is 2.72. The van der Waals surface area contributed by atoms with E-state index in [4.69, 9.17) is 4.74 Å². The molecule has 9 heteroatoms. The van der Waals surface area contributed by atoms with E-state index >= 15 is 0 Å². The van der Waals surface area contributed by atoms with E-state index in [0.29, 0.717) is 12.5 Å². The molecule has 0 aliphatic rings. The van der Waals surface area contributed by atoms with Crippen LogP contribution in [0.2, 0.25) is 0 Å². The summed E-state index contributed by atoms with van der Waals surface area (Å²) in [6.45, 7) is 11.2. The topological polar surface area (TPSA) is 99.7 Å². The van der Waals surface area contributed by atoms with Crippen molar-refractivity contribution in [3.63, 3.8) is 0 Å². The Balaban J connectivity index is 2.83. The number of aliphatic hydroxyl groups excluding tert-OH is 1. The molecule has 7 nitrogen and oxygen atoms in total. The van der Waals surface area contributed by atoms with Crippen LogP contribution in [-0.4, -0.2) is 54.0 Å². The Hall–Kier alpha value is -2.26. The number of hydrogen-bond donors (Lipinski definition) is 4. The van der Waals surface area contributed by atoms with Crippen molar-refractivity contribution in [2.24, 2.45) is 5.92 Å². The molecule has 0 aliphatic heterocycles. The minimum absolute atomic E-state index is 0.0332. The van der Waals surface area contributed by atoms with Crippen molar-refractivity contribution in [3.8, 4) is 0 Å². The van der Waals surface area contributed by atoms with E-state index < -0.39 is 41.5 Å². The van der Waals surface area contributed by atoms with Gasteiger partial charge in [-0.3, -0.25) is 4.79 Å². The van der Waals surface area contributed by atoms with Crippen LogP contribution in [0.3, 0.4) is 0 Å². The highest BCUT2D eigenvalue weighted by Gasteiger charge is 2.26. The average molecular weight is 444 g/mol. The molecule has 0 aromatic heterocycles. The Bertz CT molecular complexity index is 718. The zero-order chi connectivity index (χ0) is 23.8. The zero-order valence-electron chi connectivity index (χ0n) is 19.1. The van der Waals surface area contributed by atoms with Gasteiger partial charge in [0.05, 0.1) is 18.2 Å². The summed E-state index contributed by atoms with van der Waals surface area (Å²) in [6.07, 6.45) is -1.96. The molecular weight excluding hydrogens is 408 g/mol. The number of ether oxygens (including phenoxy) is 1. The largest absolute Gasteiger partial charge is 0.444 e. The zero-order valence-corrected chi connectivity index (χ0v) is 19.1.